The minimum atomic E-state index is -4.79. The van der Waals surface area contributed by atoms with E-state index in [1.165, 1.54) is 11.1 Å². The first kappa shape index (κ1) is 29.5. The predicted octanol–water partition coefficient (Wildman–Crippen LogP) is 6.97. The Kier molecular flexibility index (Phi) is 8.79. The summed E-state index contributed by atoms with van der Waals surface area (Å²) >= 11 is 0. The highest BCUT2D eigenvalue weighted by Crippen LogP contribution is 2.34. The fourth-order valence-electron chi connectivity index (χ4n) is 4.99. The van der Waals surface area contributed by atoms with E-state index >= 15 is 0 Å². The fourth-order valence-corrected chi connectivity index (χ4v) is 4.99. The van der Waals surface area contributed by atoms with Crippen molar-refractivity contribution in [1.29, 1.82) is 0 Å². The lowest BCUT2D eigenvalue weighted by molar-refractivity contribution is -0.141. The van der Waals surface area contributed by atoms with E-state index in [9.17, 15) is 26.3 Å². The summed E-state index contributed by atoms with van der Waals surface area (Å²) in [5.74, 6) is -0.658. The molecule has 0 bridgehead atoms. The number of alkyl halides is 6. The molecule has 4 aromatic rings. The number of benzene rings is 3. The van der Waals surface area contributed by atoms with Gasteiger partial charge in [0.2, 0.25) is 5.88 Å². The minimum Gasteiger partial charge on any atom is -0.476 e. The maximum Gasteiger partial charge on any atom is 0.433 e. The number of nitrogens with zero attached hydrogens (tertiary/aromatic N) is 4. The molecule has 5 nitrogen and oxygen atoms in total. The molecule has 1 saturated heterocycles. The summed E-state index contributed by atoms with van der Waals surface area (Å²) in [7, 11) is 0. The molecular formula is C31H28F6N4O. The van der Waals surface area contributed by atoms with Crippen LogP contribution in [0.25, 0.3) is 11.4 Å². The van der Waals surface area contributed by atoms with E-state index < -0.39 is 23.6 Å². The van der Waals surface area contributed by atoms with Gasteiger partial charge in [-0.05, 0) is 23.3 Å². The first-order valence-electron chi connectivity index (χ1n) is 13.4. The summed E-state index contributed by atoms with van der Waals surface area (Å²) in [5, 5.41) is 0. The molecule has 0 radical (unpaired) electrons. The average molecular weight is 587 g/mol. The molecule has 1 aliphatic rings. The summed E-state index contributed by atoms with van der Waals surface area (Å²) < 4.78 is 84.9. The summed E-state index contributed by atoms with van der Waals surface area (Å²) in [6.07, 6.45) is -9.36. The maximum atomic E-state index is 13.5. The van der Waals surface area contributed by atoms with Gasteiger partial charge in [-0.25, -0.2) is 4.98 Å². The monoisotopic (exact) mass is 586 g/mol. The van der Waals surface area contributed by atoms with E-state index in [1.807, 2.05) is 36.4 Å². The van der Waals surface area contributed by atoms with Crippen molar-refractivity contribution in [1.82, 2.24) is 19.8 Å². The molecule has 5 rings (SSSR count). The molecule has 0 aliphatic carbocycles. The third-order valence-electron chi connectivity index (χ3n) is 7.12. The second-order valence-corrected chi connectivity index (χ2v) is 9.94. The molecule has 0 atom stereocenters. The number of hydrogen-bond acceptors (Lipinski definition) is 5. The summed E-state index contributed by atoms with van der Waals surface area (Å²) in [4.78, 5) is 12.2. The second-order valence-electron chi connectivity index (χ2n) is 9.94. The molecule has 1 aromatic heterocycles. The van der Waals surface area contributed by atoms with Crippen LogP contribution < -0.4 is 4.74 Å². The van der Waals surface area contributed by atoms with E-state index in [0.717, 1.165) is 50.4 Å². The quantitative estimate of drug-likeness (QED) is 0.209. The highest BCUT2D eigenvalue weighted by molar-refractivity contribution is 5.56. The third-order valence-corrected chi connectivity index (χ3v) is 7.12. The van der Waals surface area contributed by atoms with Crippen molar-refractivity contribution in [2.45, 2.75) is 18.4 Å². The Morgan fingerprint density at radius 2 is 1.26 bits per heavy atom. The van der Waals surface area contributed by atoms with Gasteiger partial charge in [0, 0.05) is 44.4 Å². The van der Waals surface area contributed by atoms with Gasteiger partial charge < -0.3 is 4.74 Å². The largest absolute Gasteiger partial charge is 0.476 e. The zero-order valence-electron chi connectivity index (χ0n) is 22.4. The SMILES string of the molecule is FC(F)(F)c1ccc(-c2nc(OCCN3CCN(C(c4ccccc4)c4ccccc4)CC3)cc(C(F)(F)F)n2)cc1. The fraction of sp³-hybridized carbons (Fsp3) is 0.290. The molecule has 220 valence electrons. The van der Waals surface area contributed by atoms with E-state index in [0.29, 0.717) is 12.6 Å². The molecule has 0 N–H and O–H groups in total. The lowest BCUT2D eigenvalue weighted by Gasteiger charge is -2.39. The molecule has 1 fully saturated rings. The van der Waals surface area contributed by atoms with E-state index in [4.69, 9.17) is 4.74 Å². The summed E-state index contributed by atoms with van der Waals surface area (Å²) in [5.41, 5.74) is 0.265. The molecule has 42 heavy (non-hydrogen) atoms. The lowest BCUT2D eigenvalue weighted by atomic mass is 9.96. The van der Waals surface area contributed by atoms with Crippen molar-refractivity contribution in [2.24, 2.45) is 0 Å². The van der Waals surface area contributed by atoms with Crippen LogP contribution in [-0.4, -0.2) is 59.1 Å². The van der Waals surface area contributed by atoms with Gasteiger partial charge in [-0.2, -0.15) is 31.3 Å². The van der Waals surface area contributed by atoms with E-state index in [-0.39, 0.29) is 29.9 Å². The van der Waals surface area contributed by atoms with Gasteiger partial charge in [0.15, 0.2) is 11.5 Å². The smallest absolute Gasteiger partial charge is 0.433 e. The molecule has 11 heteroatoms. The Morgan fingerprint density at radius 1 is 0.690 bits per heavy atom. The number of halogens is 6. The summed E-state index contributed by atoms with van der Waals surface area (Å²) in [6, 6.07) is 25.0. The maximum absolute atomic E-state index is 13.5. The van der Waals surface area contributed by atoms with E-state index in [2.05, 4.69) is 44.0 Å². The van der Waals surface area contributed by atoms with Gasteiger partial charge in [-0.15, -0.1) is 0 Å². The zero-order valence-corrected chi connectivity index (χ0v) is 22.4. The molecule has 0 amide bonds. The van der Waals surface area contributed by atoms with Crippen LogP contribution in [0.15, 0.2) is 91.0 Å². The average Bonchev–Trinajstić information content (AvgIpc) is 2.98. The van der Waals surface area contributed by atoms with Gasteiger partial charge in [0.05, 0.1) is 11.6 Å². The van der Waals surface area contributed by atoms with Crippen LogP contribution in [-0.2, 0) is 12.4 Å². The van der Waals surface area contributed by atoms with Crippen molar-refractivity contribution < 1.29 is 31.1 Å². The number of ether oxygens (including phenoxy) is 1. The Balaban J connectivity index is 1.23. The van der Waals surface area contributed by atoms with Crippen LogP contribution in [0.2, 0.25) is 0 Å². The number of aromatic nitrogens is 2. The Morgan fingerprint density at radius 3 is 1.79 bits per heavy atom. The second kappa shape index (κ2) is 12.5. The Bertz CT molecular complexity index is 1400. The van der Waals surface area contributed by atoms with Gasteiger partial charge >= 0.3 is 12.4 Å². The molecule has 1 aliphatic heterocycles. The van der Waals surface area contributed by atoms with Crippen LogP contribution in [0.3, 0.4) is 0 Å². The lowest BCUT2D eigenvalue weighted by Crippen LogP contribution is -2.48. The molecule has 0 saturated carbocycles. The Hall–Kier alpha value is -3.96. The van der Waals surface area contributed by atoms with Crippen molar-refractivity contribution in [3.63, 3.8) is 0 Å². The van der Waals surface area contributed by atoms with Crippen LogP contribution in [0.5, 0.6) is 5.88 Å². The van der Waals surface area contributed by atoms with Gasteiger partial charge in [0.1, 0.15) is 6.61 Å². The zero-order chi connectivity index (χ0) is 29.7. The number of rotatable bonds is 8. The van der Waals surface area contributed by atoms with Crippen LogP contribution in [0.4, 0.5) is 26.3 Å². The first-order chi connectivity index (χ1) is 20.1. The van der Waals surface area contributed by atoms with Gasteiger partial charge in [-0.3, -0.25) is 9.80 Å². The van der Waals surface area contributed by atoms with Crippen LogP contribution in [0.1, 0.15) is 28.4 Å². The topological polar surface area (TPSA) is 41.5 Å². The van der Waals surface area contributed by atoms with Crippen LogP contribution in [0, 0.1) is 0 Å². The number of hydrogen-bond donors (Lipinski definition) is 0. The predicted molar refractivity (Wildman–Crippen MR) is 146 cm³/mol. The highest BCUT2D eigenvalue weighted by atomic mass is 19.4. The summed E-state index contributed by atoms with van der Waals surface area (Å²) in [6.45, 7) is 3.62. The van der Waals surface area contributed by atoms with Gasteiger partial charge in [0.25, 0.3) is 0 Å². The van der Waals surface area contributed by atoms with E-state index in [1.54, 1.807) is 0 Å². The highest BCUT2D eigenvalue weighted by Gasteiger charge is 2.35. The van der Waals surface area contributed by atoms with Gasteiger partial charge in [-0.1, -0.05) is 72.8 Å². The normalized spacial score (nSPS) is 15.2. The van der Waals surface area contributed by atoms with Crippen molar-refractivity contribution >= 4 is 0 Å². The Labute approximate surface area is 239 Å². The third kappa shape index (κ3) is 7.27. The molecule has 2 heterocycles. The van der Waals surface area contributed by atoms with Crippen LogP contribution >= 0.6 is 0 Å². The standard InChI is InChI=1S/C31H28F6N4O/c32-30(33,34)25-13-11-24(12-14-25)29-38-26(31(35,36)37)21-27(39-29)42-20-19-40-15-17-41(18-16-40)28(22-7-3-1-4-8-22)23-9-5-2-6-10-23/h1-14,21,28H,15-20H2. The molecule has 0 unspecified atom stereocenters. The molecular weight excluding hydrogens is 558 g/mol. The number of piperazine rings is 1. The minimum absolute atomic E-state index is 0.0152. The van der Waals surface area contributed by atoms with Crippen molar-refractivity contribution in [2.75, 3.05) is 39.3 Å². The van der Waals surface area contributed by atoms with Crippen molar-refractivity contribution in [3.05, 3.63) is 113 Å². The van der Waals surface area contributed by atoms with Crippen molar-refractivity contribution in [3.8, 4) is 17.3 Å². The molecule has 0 spiro atoms. The first-order valence-corrected chi connectivity index (χ1v) is 13.4. The molecule has 3 aromatic carbocycles.